The fourth-order valence-corrected chi connectivity index (χ4v) is 2.20. The second-order valence-corrected chi connectivity index (χ2v) is 5.24. The van der Waals surface area contributed by atoms with E-state index in [0.29, 0.717) is 11.3 Å². The highest BCUT2D eigenvalue weighted by atomic mass is 19.1. The number of hydrogen-bond acceptors (Lipinski definition) is 3. The number of halogens is 1. The normalized spacial score (nSPS) is 10.1. The van der Waals surface area contributed by atoms with Gasteiger partial charge in [0.05, 0.1) is 5.69 Å². The van der Waals surface area contributed by atoms with E-state index in [1.807, 2.05) is 0 Å². The maximum atomic E-state index is 13.9. The van der Waals surface area contributed by atoms with Crippen molar-refractivity contribution in [1.82, 2.24) is 0 Å². The Kier molecular flexibility index (Phi) is 5.42. The first-order valence-electron chi connectivity index (χ1n) is 7.32. The molecule has 6 heteroatoms. The Balaban J connectivity index is 2.15. The van der Waals surface area contributed by atoms with Crippen LogP contribution in [0.15, 0.2) is 48.5 Å². The number of nitrogens with one attached hydrogen (secondary N) is 1. The monoisotopic (exact) mass is 328 g/mol. The van der Waals surface area contributed by atoms with Crippen LogP contribution in [-0.4, -0.2) is 24.1 Å². The standard InChI is InChI=1S/C18H17FN2O3/c1-12(22)14-6-5-7-15(10-14)20-18(24)11-21(13(2)23)17-9-4-3-8-16(17)19/h3-10H,11H2,1-2H3,(H,20,24). The van der Waals surface area contributed by atoms with Gasteiger partial charge >= 0.3 is 0 Å². The molecule has 0 unspecified atom stereocenters. The van der Waals surface area contributed by atoms with Crippen LogP contribution in [0.3, 0.4) is 0 Å². The van der Waals surface area contributed by atoms with Crippen molar-refractivity contribution >= 4 is 29.0 Å². The highest BCUT2D eigenvalue weighted by Gasteiger charge is 2.19. The maximum absolute atomic E-state index is 13.9. The lowest BCUT2D eigenvalue weighted by Crippen LogP contribution is -2.37. The average Bonchev–Trinajstić information content (AvgIpc) is 2.53. The summed E-state index contributed by atoms with van der Waals surface area (Å²) < 4.78 is 13.9. The van der Waals surface area contributed by atoms with E-state index < -0.39 is 17.6 Å². The van der Waals surface area contributed by atoms with Gasteiger partial charge in [-0.3, -0.25) is 14.4 Å². The predicted octanol–water partition coefficient (Wildman–Crippen LogP) is 3.02. The molecule has 5 nitrogen and oxygen atoms in total. The van der Waals surface area contributed by atoms with Gasteiger partial charge in [-0.25, -0.2) is 4.39 Å². The SMILES string of the molecule is CC(=O)c1cccc(NC(=O)CN(C(C)=O)c2ccccc2F)c1. The molecule has 0 fully saturated rings. The molecule has 0 heterocycles. The molecule has 0 radical (unpaired) electrons. The van der Waals surface area contributed by atoms with Gasteiger partial charge in [-0.05, 0) is 31.2 Å². The van der Waals surface area contributed by atoms with Gasteiger partial charge in [-0.2, -0.15) is 0 Å². The fraction of sp³-hybridized carbons (Fsp3) is 0.167. The summed E-state index contributed by atoms with van der Waals surface area (Å²) >= 11 is 0. The van der Waals surface area contributed by atoms with Crippen LogP contribution >= 0.6 is 0 Å². The van der Waals surface area contributed by atoms with Crippen molar-refractivity contribution in [3.05, 3.63) is 59.9 Å². The maximum Gasteiger partial charge on any atom is 0.244 e. The third-order valence-electron chi connectivity index (χ3n) is 3.38. The summed E-state index contributed by atoms with van der Waals surface area (Å²) in [4.78, 5) is 36.4. The number of para-hydroxylation sites is 1. The number of Topliss-reactive ketones (excluding diaryl/α,β-unsaturated/α-hetero) is 1. The average molecular weight is 328 g/mol. The van der Waals surface area contributed by atoms with E-state index in [4.69, 9.17) is 0 Å². The smallest absolute Gasteiger partial charge is 0.244 e. The Morgan fingerprint density at radius 3 is 2.38 bits per heavy atom. The number of ketones is 1. The van der Waals surface area contributed by atoms with Gasteiger partial charge in [0.2, 0.25) is 11.8 Å². The lowest BCUT2D eigenvalue weighted by atomic mass is 10.1. The minimum Gasteiger partial charge on any atom is -0.325 e. The molecule has 0 aliphatic heterocycles. The van der Waals surface area contributed by atoms with Crippen molar-refractivity contribution in [2.75, 3.05) is 16.8 Å². The Morgan fingerprint density at radius 1 is 1.04 bits per heavy atom. The van der Waals surface area contributed by atoms with Gasteiger partial charge in [-0.1, -0.05) is 24.3 Å². The van der Waals surface area contributed by atoms with Crippen LogP contribution in [0.4, 0.5) is 15.8 Å². The summed E-state index contributed by atoms with van der Waals surface area (Å²) in [5.74, 6) is -1.65. The minimum absolute atomic E-state index is 0.0395. The molecule has 0 aliphatic rings. The molecule has 24 heavy (non-hydrogen) atoms. The number of amides is 2. The lowest BCUT2D eigenvalue weighted by molar-refractivity contribution is -0.120. The van der Waals surface area contributed by atoms with Gasteiger partial charge in [-0.15, -0.1) is 0 Å². The molecular weight excluding hydrogens is 311 g/mol. The molecule has 2 aromatic rings. The molecule has 2 rings (SSSR count). The Bertz CT molecular complexity index is 789. The number of rotatable bonds is 5. The molecule has 124 valence electrons. The van der Waals surface area contributed by atoms with Gasteiger partial charge in [0.1, 0.15) is 12.4 Å². The van der Waals surface area contributed by atoms with Gasteiger partial charge in [0.15, 0.2) is 5.78 Å². The van der Waals surface area contributed by atoms with E-state index in [1.54, 1.807) is 30.3 Å². The van der Waals surface area contributed by atoms with Crippen LogP contribution < -0.4 is 10.2 Å². The van der Waals surface area contributed by atoms with E-state index in [0.717, 1.165) is 4.90 Å². The minimum atomic E-state index is -0.584. The third-order valence-corrected chi connectivity index (χ3v) is 3.38. The zero-order chi connectivity index (χ0) is 17.7. The fourth-order valence-electron chi connectivity index (χ4n) is 2.20. The van der Waals surface area contributed by atoms with Gasteiger partial charge in [0.25, 0.3) is 0 Å². The molecule has 0 bridgehead atoms. The molecule has 0 aliphatic carbocycles. The highest BCUT2D eigenvalue weighted by molar-refractivity contribution is 6.02. The zero-order valence-electron chi connectivity index (χ0n) is 13.4. The highest BCUT2D eigenvalue weighted by Crippen LogP contribution is 2.19. The van der Waals surface area contributed by atoms with Gasteiger partial charge in [0, 0.05) is 18.2 Å². The first-order chi connectivity index (χ1) is 11.4. The Hall–Kier alpha value is -3.02. The predicted molar refractivity (Wildman–Crippen MR) is 89.5 cm³/mol. The summed E-state index contributed by atoms with van der Waals surface area (Å²) in [5, 5.41) is 2.60. The van der Waals surface area contributed by atoms with E-state index in [-0.39, 0.29) is 18.0 Å². The largest absolute Gasteiger partial charge is 0.325 e. The van der Waals surface area contributed by atoms with Crippen LogP contribution in [0.5, 0.6) is 0 Å². The molecule has 2 aromatic carbocycles. The second kappa shape index (κ2) is 7.50. The molecule has 2 amide bonds. The summed E-state index contributed by atoms with van der Waals surface area (Å²) in [6, 6.07) is 12.2. The van der Waals surface area contributed by atoms with Crippen molar-refractivity contribution in [3.63, 3.8) is 0 Å². The first-order valence-corrected chi connectivity index (χ1v) is 7.32. The Morgan fingerprint density at radius 2 is 1.75 bits per heavy atom. The summed E-state index contributed by atoms with van der Waals surface area (Å²) in [5.41, 5.74) is 0.938. The van der Waals surface area contributed by atoms with Crippen molar-refractivity contribution in [2.45, 2.75) is 13.8 Å². The van der Waals surface area contributed by atoms with Crippen LogP contribution in [0.2, 0.25) is 0 Å². The molecule has 0 saturated heterocycles. The summed E-state index contributed by atoms with van der Waals surface area (Å²) in [6.07, 6.45) is 0. The zero-order valence-corrected chi connectivity index (χ0v) is 13.4. The summed E-state index contributed by atoms with van der Waals surface area (Å²) in [7, 11) is 0. The number of anilines is 2. The van der Waals surface area contributed by atoms with Crippen molar-refractivity contribution in [1.29, 1.82) is 0 Å². The van der Waals surface area contributed by atoms with E-state index in [1.165, 1.54) is 32.0 Å². The first kappa shape index (κ1) is 17.3. The molecule has 1 N–H and O–H groups in total. The molecule has 0 atom stereocenters. The van der Waals surface area contributed by atoms with Crippen LogP contribution in [-0.2, 0) is 9.59 Å². The number of benzene rings is 2. The quantitative estimate of drug-likeness (QED) is 0.858. The van der Waals surface area contributed by atoms with Crippen LogP contribution in [0.1, 0.15) is 24.2 Å². The lowest BCUT2D eigenvalue weighted by Gasteiger charge is -2.21. The number of hydrogen-bond donors (Lipinski definition) is 1. The Labute approximate surface area is 139 Å². The molecule has 0 saturated carbocycles. The molecule has 0 spiro atoms. The summed E-state index contributed by atoms with van der Waals surface area (Å²) in [6.45, 7) is 2.35. The van der Waals surface area contributed by atoms with Crippen LogP contribution in [0.25, 0.3) is 0 Å². The van der Waals surface area contributed by atoms with Crippen molar-refractivity contribution in [2.24, 2.45) is 0 Å². The van der Waals surface area contributed by atoms with Crippen molar-refractivity contribution in [3.8, 4) is 0 Å². The number of carbonyl (C=O) groups excluding carboxylic acids is 3. The second-order valence-electron chi connectivity index (χ2n) is 5.24. The van der Waals surface area contributed by atoms with E-state index in [2.05, 4.69) is 5.32 Å². The molecule has 0 aromatic heterocycles. The topological polar surface area (TPSA) is 66.5 Å². The van der Waals surface area contributed by atoms with Crippen LogP contribution in [0, 0.1) is 5.82 Å². The third kappa shape index (κ3) is 4.25. The molecular formula is C18H17FN2O3. The number of nitrogens with zero attached hydrogens (tertiary/aromatic N) is 1. The van der Waals surface area contributed by atoms with E-state index in [9.17, 15) is 18.8 Å². The van der Waals surface area contributed by atoms with E-state index >= 15 is 0 Å². The van der Waals surface area contributed by atoms with Gasteiger partial charge < -0.3 is 10.2 Å². The van der Waals surface area contributed by atoms with Crippen molar-refractivity contribution < 1.29 is 18.8 Å². The number of carbonyl (C=O) groups is 3.